The summed E-state index contributed by atoms with van der Waals surface area (Å²) in [5, 5.41) is 6.70. The third-order valence-electron chi connectivity index (χ3n) is 4.34. The van der Waals surface area contributed by atoms with Crippen LogP contribution in [0.25, 0.3) is 0 Å². The average Bonchev–Trinajstić information content (AvgIpc) is 2.85. The van der Waals surface area contributed by atoms with Gasteiger partial charge in [0.1, 0.15) is 11.5 Å². The van der Waals surface area contributed by atoms with Crippen molar-refractivity contribution in [1.82, 2.24) is 5.43 Å². The topological polar surface area (TPSA) is 106 Å². The number of hydrazone groups is 1. The number of amides is 2. The fourth-order valence-electron chi connectivity index (χ4n) is 2.63. The Hall–Kier alpha value is -4.17. The van der Waals surface area contributed by atoms with Crippen molar-refractivity contribution in [3.8, 4) is 11.5 Å². The molecule has 0 unspecified atom stereocenters. The fraction of sp³-hybridized carbons (Fsp3) is 0.120. The van der Waals surface area contributed by atoms with Gasteiger partial charge in [-0.3, -0.25) is 9.59 Å². The number of esters is 1. The summed E-state index contributed by atoms with van der Waals surface area (Å²) in [7, 11) is 0. The molecule has 0 heterocycles. The standard InChI is InChI=1S/C25H22ClN3O5/c1-2-15-33-21-13-5-18(6-14-21)25(32)34-22-11-3-17(4-12-22)16-27-29-24(31)23(30)28-20-9-7-19(26)8-10-20/h3-14,16H,2,15H2,1H3,(H,28,30)(H,29,31)/b27-16-. The Labute approximate surface area is 201 Å². The number of carbonyl (C=O) groups excluding carboxylic acids is 3. The van der Waals surface area contributed by atoms with Gasteiger partial charge in [0.05, 0.1) is 18.4 Å². The molecule has 0 fully saturated rings. The first kappa shape index (κ1) is 24.5. The molecule has 3 rings (SSSR count). The van der Waals surface area contributed by atoms with E-state index >= 15 is 0 Å². The van der Waals surface area contributed by atoms with Gasteiger partial charge in [0.2, 0.25) is 0 Å². The van der Waals surface area contributed by atoms with E-state index in [1.165, 1.54) is 6.21 Å². The van der Waals surface area contributed by atoms with Crippen molar-refractivity contribution in [3.05, 3.63) is 88.9 Å². The highest BCUT2D eigenvalue weighted by molar-refractivity contribution is 6.39. The highest BCUT2D eigenvalue weighted by atomic mass is 35.5. The van der Waals surface area contributed by atoms with Crippen molar-refractivity contribution in [2.75, 3.05) is 11.9 Å². The molecule has 0 radical (unpaired) electrons. The molecule has 9 heteroatoms. The minimum absolute atomic E-state index is 0.347. The van der Waals surface area contributed by atoms with Crippen LogP contribution in [-0.4, -0.2) is 30.6 Å². The number of halogens is 1. The van der Waals surface area contributed by atoms with Gasteiger partial charge in [0.15, 0.2) is 0 Å². The van der Waals surface area contributed by atoms with Gasteiger partial charge >= 0.3 is 17.8 Å². The zero-order valence-electron chi connectivity index (χ0n) is 18.3. The number of benzene rings is 3. The molecule has 8 nitrogen and oxygen atoms in total. The molecule has 0 saturated carbocycles. The Morgan fingerprint density at radius 2 is 1.53 bits per heavy atom. The fourth-order valence-corrected chi connectivity index (χ4v) is 2.76. The number of nitrogens with zero attached hydrogens (tertiary/aromatic N) is 1. The highest BCUT2D eigenvalue weighted by Crippen LogP contribution is 2.17. The van der Waals surface area contributed by atoms with Crippen molar-refractivity contribution >= 4 is 41.3 Å². The van der Waals surface area contributed by atoms with Crippen LogP contribution in [-0.2, 0) is 9.59 Å². The van der Waals surface area contributed by atoms with E-state index in [1.807, 2.05) is 6.92 Å². The van der Waals surface area contributed by atoms with Crippen LogP contribution < -0.4 is 20.2 Å². The Bertz CT molecular complexity index is 1160. The molecule has 0 aliphatic rings. The van der Waals surface area contributed by atoms with Gasteiger partial charge in [0.25, 0.3) is 0 Å². The third-order valence-corrected chi connectivity index (χ3v) is 4.59. The predicted molar refractivity (Wildman–Crippen MR) is 129 cm³/mol. The van der Waals surface area contributed by atoms with Crippen molar-refractivity contribution in [2.45, 2.75) is 13.3 Å². The van der Waals surface area contributed by atoms with Crippen LogP contribution in [0.3, 0.4) is 0 Å². The zero-order valence-corrected chi connectivity index (χ0v) is 19.0. The van der Waals surface area contributed by atoms with Gasteiger partial charge in [-0.1, -0.05) is 18.5 Å². The number of carbonyl (C=O) groups is 3. The number of hydrogen-bond donors (Lipinski definition) is 2. The number of anilines is 1. The first-order valence-electron chi connectivity index (χ1n) is 10.4. The maximum absolute atomic E-state index is 12.3. The molecule has 0 atom stereocenters. The van der Waals surface area contributed by atoms with Crippen LogP contribution >= 0.6 is 11.6 Å². The summed E-state index contributed by atoms with van der Waals surface area (Å²) in [4.78, 5) is 36.0. The second kappa shape index (κ2) is 12.2. The van der Waals surface area contributed by atoms with E-state index in [-0.39, 0.29) is 0 Å². The minimum atomic E-state index is -0.928. The summed E-state index contributed by atoms with van der Waals surface area (Å²) < 4.78 is 10.9. The first-order valence-corrected chi connectivity index (χ1v) is 10.8. The molecule has 3 aromatic rings. The Balaban J connectivity index is 1.48. The van der Waals surface area contributed by atoms with Crippen molar-refractivity contribution in [1.29, 1.82) is 0 Å². The lowest BCUT2D eigenvalue weighted by molar-refractivity contribution is -0.136. The molecule has 2 N–H and O–H groups in total. The van der Waals surface area contributed by atoms with E-state index in [0.717, 1.165) is 6.42 Å². The summed E-state index contributed by atoms with van der Waals surface area (Å²) >= 11 is 5.78. The third kappa shape index (κ3) is 7.46. The highest BCUT2D eigenvalue weighted by Gasteiger charge is 2.13. The van der Waals surface area contributed by atoms with E-state index in [0.29, 0.717) is 39.9 Å². The van der Waals surface area contributed by atoms with E-state index < -0.39 is 17.8 Å². The van der Waals surface area contributed by atoms with Gasteiger partial charge in [-0.15, -0.1) is 0 Å². The van der Waals surface area contributed by atoms with E-state index in [9.17, 15) is 14.4 Å². The zero-order chi connectivity index (χ0) is 24.3. The van der Waals surface area contributed by atoms with E-state index in [1.54, 1.807) is 72.8 Å². The number of hydrogen-bond acceptors (Lipinski definition) is 6. The van der Waals surface area contributed by atoms with Gasteiger partial charge in [-0.25, -0.2) is 10.2 Å². The lowest BCUT2D eigenvalue weighted by Crippen LogP contribution is -2.32. The molecule has 0 aliphatic heterocycles. The molecule has 3 aromatic carbocycles. The van der Waals surface area contributed by atoms with Crippen LogP contribution in [0, 0.1) is 0 Å². The minimum Gasteiger partial charge on any atom is -0.494 e. The quantitative estimate of drug-likeness (QED) is 0.163. The van der Waals surface area contributed by atoms with Gasteiger partial charge in [-0.05, 0) is 84.8 Å². The summed E-state index contributed by atoms with van der Waals surface area (Å²) in [6.07, 6.45) is 2.25. The lowest BCUT2D eigenvalue weighted by Gasteiger charge is -2.07. The number of rotatable bonds is 8. The monoisotopic (exact) mass is 479 g/mol. The van der Waals surface area contributed by atoms with E-state index in [2.05, 4.69) is 15.8 Å². The molecule has 0 spiro atoms. The summed E-state index contributed by atoms with van der Waals surface area (Å²) in [5.41, 5.74) is 3.59. The average molecular weight is 480 g/mol. The molecule has 174 valence electrons. The maximum Gasteiger partial charge on any atom is 0.343 e. The van der Waals surface area contributed by atoms with Gasteiger partial charge in [0, 0.05) is 10.7 Å². The molecule has 0 aliphatic carbocycles. The van der Waals surface area contributed by atoms with Gasteiger partial charge in [-0.2, -0.15) is 5.10 Å². The van der Waals surface area contributed by atoms with Crippen LogP contribution in [0.4, 0.5) is 5.69 Å². The second-order valence-corrected chi connectivity index (χ2v) is 7.43. The molecule has 0 saturated heterocycles. The molecular weight excluding hydrogens is 458 g/mol. The normalized spacial score (nSPS) is 10.5. The van der Waals surface area contributed by atoms with Crippen molar-refractivity contribution < 1.29 is 23.9 Å². The van der Waals surface area contributed by atoms with Crippen molar-refractivity contribution in [2.24, 2.45) is 5.10 Å². The largest absolute Gasteiger partial charge is 0.494 e. The summed E-state index contributed by atoms with van der Waals surface area (Å²) in [6.45, 7) is 2.63. The molecular formula is C25H22ClN3O5. The SMILES string of the molecule is CCCOc1ccc(C(=O)Oc2ccc(/C=N\NC(=O)C(=O)Nc3ccc(Cl)cc3)cc2)cc1. The maximum atomic E-state index is 12.3. The second-order valence-electron chi connectivity index (χ2n) is 6.99. The van der Waals surface area contributed by atoms with Crippen molar-refractivity contribution in [3.63, 3.8) is 0 Å². The molecule has 0 bridgehead atoms. The summed E-state index contributed by atoms with van der Waals surface area (Å²) in [5.74, 6) is -1.26. The van der Waals surface area contributed by atoms with E-state index in [4.69, 9.17) is 21.1 Å². The number of nitrogens with one attached hydrogen (secondary N) is 2. The Kier molecular flexibility index (Phi) is 8.76. The predicted octanol–water partition coefficient (Wildman–Crippen LogP) is 4.44. The van der Waals surface area contributed by atoms with Crippen LogP contribution in [0.1, 0.15) is 29.3 Å². The lowest BCUT2D eigenvalue weighted by atomic mass is 10.2. The molecule has 0 aromatic heterocycles. The van der Waals surface area contributed by atoms with Crippen LogP contribution in [0.15, 0.2) is 77.9 Å². The first-order chi connectivity index (χ1) is 16.4. The van der Waals surface area contributed by atoms with Crippen LogP contribution in [0.2, 0.25) is 5.02 Å². The number of ether oxygens (including phenoxy) is 2. The Morgan fingerprint density at radius 3 is 2.18 bits per heavy atom. The Morgan fingerprint density at radius 1 is 0.882 bits per heavy atom. The molecule has 34 heavy (non-hydrogen) atoms. The summed E-state index contributed by atoms with van der Waals surface area (Å²) in [6, 6.07) is 19.5. The smallest absolute Gasteiger partial charge is 0.343 e. The van der Waals surface area contributed by atoms with Gasteiger partial charge < -0.3 is 14.8 Å². The van der Waals surface area contributed by atoms with Crippen LogP contribution in [0.5, 0.6) is 11.5 Å². The molecule has 2 amide bonds.